The van der Waals surface area contributed by atoms with Gasteiger partial charge in [-0.3, -0.25) is 19.3 Å². The summed E-state index contributed by atoms with van der Waals surface area (Å²) in [6.45, 7) is 17.5. The molecule has 6 nitrogen and oxygen atoms in total. The fraction of sp³-hybridized carbons (Fsp3) is 0.545. The lowest BCUT2D eigenvalue weighted by atomic mass is 9.69. The van der Waals surface area contributed by atoms with Crippen molar-refractivity contribution in [3.63, 3.8) is 0 Å². The van der Waals surface area contributed by atoms with Gasteiger partial charge in [-0.15, -0.1) is 0 Å². The number of carboxylic acid groups (broad SMARTS) is 1. The SMILES string of the molecule is CC(C(=O)O)N(C)C.CCC(CC)(c1ccc(C=O)c(C)c1)c1ccc(C(=O)CC(C)(O)C(C)(C)C)c(C)c1. The topological polar surface area (TPSA) is 94.9 Å². The first kappa shape index (κ1) is 34.2. The monoisotopic (exact) mass is 539 g/mol. The predicted octanol–water partition coefficient (Wildman–Crippen LogP) is 6.61. The average molecular weight is 540 g/mol. The summed E-state index contributed by atoms with van der Waals surface area (Å²) in [6.07, 6.45) is 2.81. The highest BCUT2D eigenvalue weighted by atomic mass is 16.4. The van der Waals surface area contributed by atoms with Crippen LogP contribution in [-0.4, -0.2) is 58.9 Å². The van der Waals surface area contributed by atoms with E-state index in [2.05, 4.69) is 38.1 Å². The predicted molar refractivity (Wildman–Crippen MR) is 159 cm³/mol. The number of carbonyl (C=O) groups excluding carboxylic acids is 2. The Labute approximate surface area is 235 Å². The third kappa shape index (κ3) is 8.09. The van der Waals surface area contributed by atoms with Crippen LogP contribution in [0.2, 0.25) is 0 Å². The van der Waals surface area contributed by atoms with Crippen LogP contribution in [-0.2, 0) is 10.2 Å². The van der Waals surface area contributed by atoms with Gasteiger partial charge in [0.1, 0.15) is 12.3 Å². The summed E-state index contributed by atoms with van der Waals surface area (Å²) < 4.78 is 0. The number of hydrogen-bond donors (Lipinski definition) is 2. The first-order chi connectivity index (χ1) is 17.9. The van der Waals surface area contributed by atoms with Gasteiger partial charge in [0.15, 0.2) is 5.78 Å². The molecule has 0 aromatic heterocycles. The van der Waals surface area contributed by atoms with Gasteiger partial charge in [-0.05, 0) is 82.3 Å². The third-order valence-corrected chi connectivity index (χ3v) is 8.49. The summed E-state index contributed by atoms with van der Waals surface area (Å²) in [4.78, 5) is 36.0. The molecule has 2 rings (SSSR count). The van der Waals surface area contributed by atoms with Crippen LogP contribution in [0.15, 0.2) is 36.4 Å². The summed E-state index contributed by atoms with van der Waals surface area (Å²) in [6, 6.07) is 11.8. The number of aliphatic hydroxyl groups is 1. The molecule has 2 aromatic carbocycles. The fourth-order valence-corrected chi connectivity index (χ4v) is 4.51. The van der Waals surface area contributed by atoms with Gasteiger partial charge in [-0.2, -0.15) is 0 Å². The highest BCUT2D eigenvalue weighted by Gasteiger charge is 2.38. The van der Waals surface area contributed by atoms with Gasteiger partial charge in [0.2, 0.25) is 0 Å². The Balaban J connectivity index is 0.000000824. The normalized spacial score (nSPS) is 14.2. The van der Waals surface area contributed by atoms with E-state index in [0.29, 0.717) is 11.1 Å². The van der Waals surface area contributed by atoms with E-state index in [1.54, 1.807) is 32.8 Å². The number of likely N-dealkylation sites (N-methyl/N-ethyl adjacent to an activating group) is 1. The molecule has 0 heterocycles. The van der Waals surface area contributed by atoms with Crippen LogP contribution in [0.3, 0.4) is 0 Å². The van der Waals surface area contributed by atoms with Gasteiger partial charge >= 0.3 is 5.97 Å². The summed E-state index contributed by atoms with van der Waals surface area (Å²) in [7, 11) is 3.47. The standard InChI is InChI=1S/C28H38O3.C5H11NO2/c1-9-28(10-2,22-12-11-21(18-29)19(3)15-22)23-13-14-24(20(4)16-23)25(30)17-27(8,31)26(5,6)7;1-4(5(7)8)6(2)3/h11-16,18,31H,9-10,17H2,1-8H3;4H,1-3H3,(H,7,8). The molecule has 0 aliphatic heterocycles. The Morgan fingerprint density at radius 1 is 0.923 bits per heavy atom. The quantitative estimate of drug-likeness (QED) is 0.260. The molecule has 0 bridgehead atoms. The van der Waals surface area contributed by atoms with Crippen LogP contribution in [0.5, 0.6) is 0 Å². The summed E-state index contributed by atoms with van der Waals surface area (Å²) >= 11 is 0. The molecule has 0 aliphatic rings. The third-order valence-electron chi connectivity index (χ3n) is 8.49. The molecule has 2 aromatic rings. The highest BCUT2D eigenvalue weighted by Crippen LogP contribution is 2.40. The summed E-state index contributed by atoms with van der Waals surface area (Å²) in [5, 5.41) is 19.1. The van der Waals surface area contributed by atoms with Crippen molar-refractivity contribution in [3.05, 3.63) is 69.8 Å². The lowest BCUT2D eigenvalue weighted by Gasteiger charge is -2.37. The van der Waals surface area contributed by atoms with E-state index in [-0.39, 0.29) is 29.1 Å². The fourth-order valence-electron chi connectivity index (χ4n) is 4.51. The van der Waals surface area contributed by atoms with E-state index >= 15 is 0 Å². The number of benzene rings is 2. The molecule has 0 radical (unpaired) electrons. The molecule has 2 atom stereocenters. The highest BCUT2D eigenvalue weighted by molar-refractivity contribution is 5.98. The molecule has 2 unspecified atom stereocenters. The lowest BCUT2D eigenvalue weighted by Crippen LogP contribution is -2.41. The zero-order valence-corrected chi connectivity index (χ0v) is 25.8. The Morgan fingerprint density at radius 2 is 1.41 bits per heavy atom. The maximum absolute atomic E-state index is 13.0. The molecular weight excluding hydrogens is 490 g/mol. The molecule has 0 saturated heterocycles. The van der Waals surface area contributed by atoms with E-state index in [4.69, 9.17) is 5.11 Å². The second-order valence-corrected chi connectivity index (χ2v) is 12.1. The first-order valence-corrected chi connectivity index (χ1v) is 13.7. The molecule has 6 heteroatoms. The zero-order chi connectivity index (χ0) is 30.3. The molecule has 216 valence electrons. The zero-order valence-electron chi connectivity index (χ0n) is 25.8. The minimum atomic E-state index is -1.08. The van der Waals surface area contributed by atoms with Gasteiger partial charge in [0.25, 0.3) is 0 Å². The van der Waals surface area contributed by atoms with Crippen molar-refractivity contribution >= 4 is 18.0 Å². The van der Waals surface area contributed by atoms with Crippen molar-refractivity contribution < 1.29 is 24.6 Å². The van der Waals surface area contributed by atoms with Crippen LogP contribution in [0, 0.1) is 19.3 Å². The van der Waals surface area contributed by atoms with Crippen molar-refractivity contribution in [1.82, 2.24) is 4.90 Å². The van der Waals surface area contributed by atoms with Crippen molar-refractivity contribution in [2.24, 2.45) is 5.41 Å². The first-order valence-electron chi connectivity index (χ1n) is 13.7. The van der Waals surface area contributed by atoms with E-state index in [0.717, 1.165) is 30.3 Å². The largest absolute Gasteiger partial charge is 0.480 e. The molecule has 0 amide bonds. The van der Waals surface area contributed by atoms with E-state index in [1.807, 2.05) is 46.8 Å². The molecule has 39 heavy (non-hydrogen) atoms. The number of aliphatic carboxylic acids is 1. The molecule has 2 N–H and O–H groups in total. The van der Waals surface area contributed by atoms with Crippen LogP contribution in [0.1, 0.15) is 111 Å². The maximum atomic E-state index is 13.0. The Hall–Kier alpha value is -2.83. The molecule has 0 aliphatic carbocycles. The number of aldehydes is 1. The second-order valence-electron chi connectivity index (χ2n) is 12.1. The van der Waals surface area contributed by atoms with Gasteiger partial charge in [0.05, 0.1) is 5.60 Å². The summed E-state index contributed by atoms with van der Waals surface area (Å²) in [5.74, 6) is -0.816. The lowest BCUT2D eigenvalue weighted by molar-refractivity contribution is -0.141. The van der Waals surface area contributed by atoms with Gasteiger partial charge < -0.3 is 10.2 Å². The van der Waals surface area contributed by atoms with E-state index in [9.17, 15) is 19.5 Å². The minimum Gasteiger partial charge on any atom is -0.480 e. The van der Waals surface area contributed by atoms with Crippen molar-refractivity contribution in [2.75, 3.05) is 14.1 Å². The van der Waals surface area contributed by atoms with Crippen LogP contribution in [0.4, 0.5) is 0 Å². The molecule has 0 spiro atoms. The molecule has 0 saturated carbocycles. The summed E-state index contributed by atoms with van der Waals surface area (Å²) in [5.41, 5.74) is 4.00. The van der Waals surface area contributed by atoms with Crippen LogP contribution in [0.25, 0.3) is 0 Å². The Morgan fingerprint density at radius 3 is 1.74 bits per heavy atom. The Kier molecular flexibility index (Phi) is 11.8. The molecular formula is C33H49NO5. The number of hydrogen-bond acceptors (Lipinski definition) is 5. The molecule has 0 fully saturated rings. The second kappa shape index (κ2) is 13.5. The van der Waals surface area contributed by atoms with Crippen molar-refractivity contribution in [3.8, 4) is 0 Å². The minimum absolute atomic E-state index is 0.0336. The number of aryl methyl sites for hydroxylation is 2. The smallest absolute Gasteiger partial charge is 0.320 e. The van der Waals surface area contributed by atoms with Gasteiger partial charge in [-0.25, -0.2) is 0 Å². The van der Waals surface area contributed by atoms with Crippen molar-refractivity contribution in [2.45, 2.75) is 98.6 Å². The number of nitrogens with zero attached hydrogens (tertiary/aromatic N) is 1. The van der Waals surface area contributed by atoms with E-state index < -0.39 is 11.6 Å². The van der Waals surface area contributed by atoms with Crippen molar-refractivity contribution in [1.29, 1.82) is 0 Å². The number of rotatable bonds is 10. The van der Waals surface area contributed by atoms with Crippen LogP contribution < -0.4 is 0 Å². The number of ketones is 1. The van der Waals surface area contributed by atoms with Crippen LogP contribution >= 0.6 is 0 Å². The average Bonchev–Trinajstić information content (AvgIpc) is 2.84. The van der Waals surface area contributed by atoms with Gasteiger partial charge in [0, 0.05) is 23.0 Å². The number of carbonyl (C=O) groups is 3. The van der Waals surface area contributed by atoms with Gasteiger partial charge in [-0.1, -0.05) is 71.0 Å². The number of Topliss-reactive ketones (excluding diaryl/α,β-unsaturated/α-hetero) is 1. The maximum Gasteiger partial charge on any atom is 0.320 e. The number of carboxylic acids is 1. The van der Waals surface area contributed by atoms with E-state index in [1.165, 1.54) is 11.1 Å². The Bertz CT molecular complexity index is 1150.